The van der Waals surface area contributed by atoms with Crippen LogP contribution in [0, 0.1) is 0 Å². The summed E-state index contributed by atoms with van der Waals surface area (Å²) < 4.78 is 39.6. The van der Waals surface area contributed by atoms with Crippen LogP contribution in [0.2, 0.25) is 10.0 Å². The molecule has 0 aliphatic heterocycles. The summed E-state index contributed by atoms with van der Waals surface area (Å²) in [7, 11) is 0. The number of alkyl halides is 3. The van der Waals surface area contributed by atoms with Crippen molar-refractivity contribution < 1.29 is 22.7 Å². The van der Waals surface area contributed by atoms with E-state index in [1.807, 2.05) is 0 Å². The van der Waals surface area contributed by atoms with Gasteiger partial charge in [-0.2, -0.15) is 13.2 Å². The molecule has 0 fully saturated rings. The van der Waals surface area contributed by atoms with Crippen LogP contribution in [-0.2, 0) is 4.74 Å². The van der Waals surface area contributed by atoms with Gasteiger partial charge in [0, 0.05) is 12.1 Å². The standard InChI is InChI=1S/C11H10Cl2F3NO2/c12-8-2-1-7(5-9(8)13)10(18)17-3-4-19-6-11(14,15)16/h1-2,5H,3-4,6H2,(H,17,18). The molecule has 0 heterocycles. The summed E-state index contributed by atoms with van der Waals surface area (Å²) in [4.78, 5) is 11.6. The van der Waals surface area contributed by atoms with Crippen molar-refractivity contribution in [2.75, 3.05) is 19.8 Å². The number of hydrogen-bond donors (Lipinski definition) is 1. The molecular weight excluding hydrogens is 306 g/mol. The number of hydrogen-bond acceptors (Lipinski definition) is 2. The van der Waals surface area contributed by atoms with E-state index in [-0.39, 0.29) is 23.7 Å². The first-order chi connectivity index (χ1) is 8.79. The molecule has 0 radical (unpaired) electrons. The third-order valence-electron chi connectivity index (χ3n) is 1.98. The van der Waals surface area contributed by atoms with Crippen molar-refractivity contribution in [3.8, 4) is 0 Å². The first kappa shape index (κ1) is 16.1. The highest BCUT2D eigenvalue weighted by molar-refractivity contribution is 6.42. The van der Waals surface area contributed by atoms with Crippen molar-refractivity contribution in [1.82, 2.24) is 5.32 Å². The van der Waals surface area contributed by atoms with Crippen LogP contribution in [0.4, 0.5) is 13.2 Å². The molecule has 0 spiro atoms. The molecule has 106 valence electrons. The Morgan fingerprint density at radius 1 is 1.26 bits per heavy atom. The molecule has 0 aliphatic carbocycles. The van der Waals surface area contributed by atoms with Crippen LogP contribution in [0.3, 0.4) is 0 Å². The Bertz CT molecular complexity index is 452. The Hall–Kier alpha value is -0.980. The number of carbonyl (C=O) groups excluding carboxylic acids is 1. The molecule has 0 saturated heterocycles. The SMILES string of the molecule is O=C(NCCOCC(F)(F)F)c1ccc(Cl)c(Cl)c1. The fourth-order valence-corrected chi connectivity index (χ4v) is 1.46. The van der Waals surface area contributed by atoms with Crippen LogP contribution in [0.1, 0.15) is 10.4 Å². The third-order valence-corrected chi connectivity index (χ3v) is 2.72. The fourth-order valence-electron chi connectivity index (χ4n) is 1.16. The number of benzene rings is 1. The number of rotatable bonds is 5. The Labute approximate surface area is 117 Å². The van der Waals surface area contributed by atoms with Gasteiger partial charge in [0.15, 0.2) is 0 Å². The zero-order valence-electron chi connectivity index (χ0n) is 9.56. The summed E-state index contributed by atoms with van der Waals surface area (Å²) in [6.07, 6.45) is -4.37. The van der Waals surface area contributed by atoms with E-state index in [9.17, 15) is 18.0 Å². The minimum absolute atomic E-state index is 0.0326. The Morgan fingerprint density at radius 3 is 2.53 bits per heavy atom. The van der Waals surface area contributed by atoms with Crippen molar-refractivity contribution in [3.63, 3.8) is 0 Å². The van der Waals surface area contributed by atoms with Gasteiger partial charge in [-0.1, -0.05) is 23.2 Å². The zero-order chi connectivity index (χ0) is 14.5. The Kier molecular flexibility index (Phi) is 5.90. The van der Waals surface area contributed by atoms with Gasteiger partial charge in [-0.15, -0.1) is 0 Å². The maximum atomic E-state index is 11.7. The van der Waals surface area contributed by atoms with Gasteiger partial charge in [0.25, 0.3) is 5.91 Å². The second kappa shape index (κ2) is 6.98. The lowest BCUT2D eigenvalue weighted by Crippen LogP contribution is -2.28. The number of carbonyl (C=O) groups is 1. The van der Waals surface area contributed by atoms with E-state index < -0.39 is 18.7 Å². The first-order valence-corrected chi connectivity index (χ1v) is 5.93. The second-order valence-electron chi connectivity index (χ2n) is 3.55. The second-order valence-corrected chi connectivity index (χ2v) is 4.37. The van der Waals surface area contributed by atoms with E-state index in [1.54, 1.807) is 0 Å². The lowest BCUT2D eigenvalue weighted by molar-refractivity contribution is -0.173. The van der Waals surface area contributed by atoms with Crippen LogP contribution in [0.25, 0.3) is 0 Å². The minimum atomic E-state index is -4.37. The monoisotopic (exact) mass is 315 g/mol. The number of nitrogens with one attached hydrogen (secondary N) is 1. The van der Waals surface area contributed by atoms with E-state index in [0.717, 1.165) is 0 Å². The maximum absolute atomic E-state index is 11.7. The first-order valence-electron chi connectivity index (χ1n) is 5.17. The number of ether oxygens (including phenoxy) is 1. The lowest BCUT2D eigenvalue weighted by Gasteiger charge is -2.08. The molecule has 1 N–H and O–H groups in total. The normalized spacial score (nSPS) is 11.4. The third kappa shape index (κ3) is 6.13. The molecule has 1 aromatic rings. The molecule has 0 saturated carbocycles. The average molecular weight is 316 g/mol. The van der Waals surface area contributed by atoms with E-state index in [2.05, 4.69) is 10.1 Å². The fraction of sp³-hybridized carbons (Fsp3) is 0.364. The average Bonchev–Trinajstić information content (AvgIpc) is 2.30. The Morgan fingerprint density at radius 2 is 1.95 bits per heavy atom. The highest BCUT2D eigenvalue weighted by Crippen LogP contribution is 2.22. The molecule has 3 nitrogen and oxygen atoms in total. The molecule has 0 atom stereocenters. The van der Waals surface area contributed by atoms with Gasteiger partial charge in [0.05, 0.1) is 16.7 Å². The smallest absolute Gasteiger partial charge is 0.370 e. The molecule has 1 amide bonds. The topological polar surface area (TPSA) is 38.3 Å². The van der Waals surface area contributed by atoms with Gasteiger partial charge in [-0.25, -0.2) is 0 Å². The van der Waals surface area contributed by atoms with Crippen molar-refractivity contribution in [2.45, 2.75) is 6.18 Å². The van der Waals surface area contributed by atoms with E-state index in [4.69, 9.17) is 23.2 Å². The lowest BCUT2D eigenvalue weighted by atomic mass is 10.2. The molecule has 8 heteroatoms. The summed E-state index contributed by atoms with van der Waals surface area (Å²) in [5, 5.41) is 2.94. The molecule has 1 rings (SSSR count). The summed E-state index contributed by atoms with van der Waals surface area (Å²) in [6, 6.07) is 4.29. The molecule has 0 unspecified atom stereocenters. The minimum Gasteiger partial charge on any atom is -0.370 e. The summed E-state index contributed by atoms with van der Waals surface area (Å²) in [5.41, 5.74) is 0.269. The van der Waals surface area contributed by atoms with Crippen molar-refractivity contribution in [2.24, 2.45) is 0 Å². The van der Waals surface area contributed by atoms with E-state index in [0.29, 0.717) is 5.02 Å². The zero-order valence-corrected chi connectivity index (χ0v) is 11.1. The predicted molar refractivity (Wildman–Crippen MR) is 65.7 cm³/mol. The van der Waals surface area contributed by atoms with E-state index in [1.165, 1.54) is 18.2 Å². The summed E-state index contributed by atoms with van der Waals surface area (Å²) in [6.45, 7) is -1.60. The molecule has 1 aromatic carbocycles. The van der Waals surface area contributed by atoms with Crippen LogP contribution < -0.4 is 5.32 Å². The number of halogens is 5. The van der Waals surface area contributed by atoms with Crippen LogP contribution >= 0.6 is 23.2 Å². The van der Waals surface area contributed by atoms with Crippen LogP contribution in [-0.4, -0.2) is 31.8 Å². The number of amides is 1. The quantitative estimate of drug-likeness (QED) is 0.847. The van der Waals surface area contributed by atoms with Gasteiger partial charge >= 0.3 is 6.18 Å². The van der Waals surface area contributed by atoms with Crippen LogP contribution in [0.15, 0.2) is 18.2 Å². The highest BCUT2D eigenvalue weighted by Gasteiger charge is 2.27. The van der Waals surface area contributed by atoms with Gasteiger partial charge in [0.2, 0.25) is 0 Å². The van der Waals surface area contributed by atoms with E-state index >= 15 is 0 Å². The summed E-state index contributed by atoms with van der Waals surface area (Å²) >= 11 is 11.4. The molecule has 0 aliphatic rings. The summed E-state index contributed by atoms with van der Waals surface area (Å²) in [5.74, 6) is -0.464. The molecule has 0 aromatic heterocycles. The maximum Gasteiger partial charge on any atom is 0.411 e. The van der Waals surface area contributed by atoms with Gasteiger partial charge < -0.3 is 10.1 Å². The molecule has 0 bridgehead atoms. The largest absolute Gasteiger partial charge is 0.411 e. The highest BCUT2D eigenvalue weighted by atomic mass is 35.5. The molecule has 19 heavy (non-hydrogen) atoms. The van der Waals surface area contributed by atoms with Gasteiger partial charge in [-0.3, -0.25) is 4.79 Å². The molecular formula is C11H10Cl2F3NO2. The van der Waals surface area contributed by atoms with Crippen molar-refractivity contribution in [1.29, 1.82) is 0 Å². The van der Waals surface area contributed by atoms with Crippen molar-refractivity contribution in [3.05, 3.63) is 33.8 Å². The Balaban J connectivity index is 2.33. The predicted octanol–water partition coefficient (Wildman–Crippen LogP) is 3.30. The van der Waals surface area contributed by atoms with Crippen LogP contribution in [0.5, 0.6) is 0 Å². The van der Waals surface area contributed by atoms with Crippen molar-refractivity contribution >= 4 is 29.1 Å². The van der Waals surface area contributed by atoms with Gasteiger partial charge in [-0.05, 0) is 18.2 Å². The van der Waals surface area contributed by atoms with Gasteiger partial charge in [0.1, 0.15) is 6.61 Å².